The van der Waals surface area contributed by atoms with Gasteiger partial charge < -0.3 is 18.9 Å². The van der Waals surface area contributed by atoms with Gasteiger partial charge in [0, 0.05) is 11.5 Å². The molecule has 2 atom stereocenters. The number of allylic oxidation sites excluding steroid dienone is 3. The van der Waals surface area contributed by atoms with Gasteiger partial charge in [-0.1, -0.05) is 61.6 Å². The van der Waals surface area contributed by atoms with Gasteiger partial charge in [0.1, 0.15) is 6.61 Å². The van der Waals surface area contributed by atoms with Crippen molar-refractivity contribution in [1.29, 1.82) is 0 Å². The van der Waals surface area contributed by atoms with Gasteiger partial charge in [0.05, 0.1) is 26.4 Å². The van der Waals surface area contributed by atoms with E-state index in [1.165, 1.54) is 7.11 Å². The van der Waals surface area contributed by atoms with E-state index in [2.05, 4.69) is 19.1 Å². The van der Waals surface area contributed by atoms with Crippen molar-refractivity contribution in [1.82, 2.24) is 0 Å². The summed E-state index contributed by atoms with van der Waals surface area (Å²) in [6, 6.07) is 9.74. The molecule has 0 spiro atoms. The molecule has 3 rings (SSSR count). The number of benzene rings is 2. The molecular weight excluding hydrogens is 380 g/mol. The molecule has 0 heterocycles. The molecule has 2 unspecified atom stereocenters. The minimum absolute atomic E-state index is 0.235. The fourth-order valence-corrected chi connectivity index (χ4v) is 3.50. The molecule has 0 N–H and O–H groups in total. The Hall–Kier alpha value is -3.21. The highest BCUT2D eigenvalue weighted by atomic mass is 16.5. The highest BCUT2D eigenvalue weighted by molar-refractivity contribution is 5.87. The predicted molar refractivity (Wildman–Crippen MR) is 117 cm³/mol. The van der Waals surface area contributed by atoms with E-state index < -0.39 is 0 Å². The van der Waals surface area contributed by atoms with Crippen molar-refractivity contribution < 1.29 is 23.7 Å². The van der Waals surface area contributed by atoms with Crippen molar-refractivity contribution >= 4 is 6.29 Å². The summed E-state index contributed by atoms with van der Waals surface area (Å²) in [5.74, 6) is 2.22. The fourth-order valence-electron chi connectivity index (χ4n) is 3.50. The number of hydrogen-bond acceptors (Lipinski definition) is 5. The summed E-state index contributed by atoms with van der Waals surface area (Å²) in [4.78, 5) is 12.0. The van der Waals surface area contributed by atoms with Gasteiger partial charge in [-0.25, -0.2) is 0 Å². The van der Waals surface area contributed by atoms with Crippen LogP contribution in [-0.2, 0) is 6.61 Å². The molecule has 1 aliphatic rings. The molecule has 0 bridgehead atoms. The Balaban J connectivity index is 1.94. The molecule has 0 saturated heterocycles. The van der Waals surface area contributed by atoms with Crippen LogP contribution < -0.4 is 18.9 Å². The zero-order valence-electron chi connectivity index (χ0n) is 17.9. The second-order valence-corrected chi connectivity index (χ2v) is 7.26. The maximum atomic E-state index is 12.0. The third-order valence-electron chi connectivity index (χ3n) is 5.34. The standard InChI is InChI=1S/C25H28O5/c1-17-10-8-9-13-20(17)16-30-22-18(2)21(14-26)23(25(28-4)24(22)27-3)29-15-19-11-6-5-7-12-19/h5-14,17,20H,15-16H2,1-4H3. The zero-order chi connectivity index (χ0) is 21.5. The molecule has 0 saturated carbocycles. The Kier molecular flexibility index (Phi) is 7.17. The first-order chi connectivity index (χ1) is 14.6. The molecule has 2 aromatic carbocycles. The van der Waals surface area contributed by atoms with E-state index in [-0.39, 0.29) is 5.92 Å². The lowest BCUT2D eigenvalue weighted by atomic mass is 9.91. The SMILES string of the molecule is COc1c(OCC2C=CC=CC2C)c(C)c(C=O)c(OCc2ccccc2)c1OC. The van der Waals surface area contributed by atoms with Gasteiger partial charge >= 0.3 is 0 Å². The van der Waals surface area contributed by atoms with Gasteiger partial charge in [0.2, 0.25) is 11.5 Å². The van der Waals surface area contributed by atoms with Crippen molar-refractivity contribution in [3.8, 4) is 23.0 Å². The summed E-state index contributed by atoms with van der Waals surface area (Å²) in [7, 11) is 3.08. The summed E-state index contributed by atoms with van der Waals surface area (Å²) in [6.45, 7) is 4.74. The molecule has 5 heteroatoms. The van der Waals surface area contributed by atoms with E-state index in [0.29, 0.717) is 53.3 Å². The highest BCUT2D eigenvalue weighted by Crippen LogP contribution is 2.49. The average molecular weight is 408 g/mol. The third-order valence-corrected chi connectivity index (χ3v) is 5.34. The quantitative estimate of drug-likeness (QED) is 0.537. The first-order valence-corrected chi connectivity index (χ1v) is 9.98. The number of ether oxygens (including phenoxy) is 4. The lowest BCUT2D eigenvalue weighted by molar-refractivity contribution is 0.111. The van der Waals surface area contributed by atoms with Gasteiger partial charge in [0.25, 0.3) is 0 Å². The Morgan fingerprint density at radius 2 is 1.57 bits per heavy atom. The smallest absolute Gasteiger partial charge is 0.208 e. The molecule has 0 aliphatic heterocycles. The third kappa shape index (κ3) is 4.51. The molecule has 2 aromatic rings. The van der Waals surface area contributed by atoms with Gasteiger partial charge in [-0.3, -0.25) is 4.79 Å². The van der Waals surface area contributed by atoms with Crippen LogP contribution in [0.15, 0.2) is 54.6 Å². The molecule has 30 heavy (non-hydrogen) atoms. The first kappa shape index (κ1) is 21.5. The molecule has 0 aromatic heterocycles. The van der Waals surface area contributed by atoms with Crippen LogP contribution in [0.2, 0.25) is 0 Å². The van der Waals surface area contributed by atoms with Crippen LogP contribution in [0, 0.1) is 18.8 Å². The average Bonchev–Trinajstić information content (AvgIpc) is 2.78. The van der Waals surface area contributed by atoms with E-state index >= 15 is 0 Å². The van der Waals surface area contributed by atoms with Crippen molar-refractivity contribution in [3.63, 3.8) is 0 Å². The van der Waals surface area contributed by atoms with Crippen molar-refractivity contribution in [2.75, 3.05) is 20.8 Å². The normalized spacial score (nSPS) is 17.5. The Labute approximate surface area is 177 Å². The van der Waals surface area contributed by atoms with E-state index in [1.807, 2.05) is 49.4 Å². The van der Waals surface area contributed by atoms with Gasteiger partial charge in [0.15, 0.2) is 17.8 Å². The maximum Gasteiger partial charge on any atom is 0.208 e. The second-order valence-electron chi connectivity index (χ2n) is 7.26. The van der Waals surface area contributed by atoms with Gasteiger partial charge in [-0.15, -0.1) is 0 Å². The molecule has 0 amide bonds. The Morgan fingerprint density at radius 1 is 0.900 bits per heavy atom. The van der Waals surface area contributed by atoms with Crippen LogP contribution in [0.25, 0.3) is 0 Å². The largest absolute Gasteiger partial charge is 0.490 e. The van der Waals surface area contributed by atoms with E-state index in [1.54, 1.807) is 7.11 Å². The fraction of sp³-hybridized carbons (Fsp3) is 0.320. The van der Waals surface area contributed by atoms with Crippen LogP contribution >= 0.6 is 0 Å². The van der Waals surface area contributed by atoms with Crippen molar-refractivity contribution in [2.24, 2.45) is 11.8 Å². The molecule has 0 radical (unpaired) electrons. The minimum atomic E-state index is 0.235. The number of methoxy groups -OCH3 is 2. The van der Waals surface area contributed by atoms with E-state index in [0.717, 1.165) is 11.8 Å². The molecule has 1 aliphatic carbocycles. The summed E-state index contributed by atoms with van der Waals surface area (Å²) >= 11 is 0. The van der Waals surface area contributed by atoms with Gasteiger partial charge in [-0.2, -0.15) is 0 Å². The summed E-state index contributed by atoms with van der Waals surface area (Å²) in [5, 5.41) is 0. The van der Waals surface area contributed by atoms with Crippen LogP contribution in [-0.4, -0.2) is 27.1 Å². The van der Waals surface area contributed by atoms with Crippen molar-refractivity contribution in [3.05, 3.63) is 71.3 Å². The number of hydrogen-bond donors (Lipinski definition) is 0. The van der Waals surface area contributed by atoms with Crippen LogP contribution in [0.4, 0.5) is 0 Å². The molecule has 0 fully saturated rings. The second kappa shape index (κ2) is 10.0. The summed E-state index contributed by atoms with van der Waals surface area (Å²) < 4.78 is 23.4. The van der Waals surface area contributed by atoms with Crippen molar-refractivity contribution in [2.45, 2.75) is 20.5 Å². The van der Waals surface area contributed by atoms with Crippen LogP contribution in [0.1, 0.15) is 28.4 Å². The van der Waals surface area contributed by atoms with Crippen LogP contribution in [0.3, 0.4) is 0 Å². The topological polar surface area (TPSA) is 54.0 Å². The van der Waals surface area contributed by atoms with E-state index in [9.17, 15) is 4.79 Å². The lowest BCUT2D eigenvalue weighted by Gasteiger charge is -2.24. The molecule has 158 valence electrons. The number of rotatable bonds is 9. The highest BCUT2D eigenvalue weighted by Gasteiger charge is 2.27. The Bertz CT molecular complexity index is 931. The monoisotopic (exact) mass is 408 g/mol. The Morgan fingerprint density at radius 3 is 2.20 bits per heavy atom. The summed E-state index contributed by atoms with van der Waals surface area (Å²) in [6.07, 6.45) is 9.11. The number of aldehydes is 1. The zero-order valence-corrected chi connectivity index (χ0v) is 17.9. The predicted octanol–water partition coefficient (Wildman–Crippen LogP) is 5.16. The first-order valence-electron chi connectivity index (χ1n) is 9.98. The number of carbonyl (C=O) groups is 1. The maximum absolute atomic E-state index is 12.0. The van der Waals surface area contributed by atoms with Gasteiger partial charge in [-0.05, 0) is 18.4 Å². The van der Waals surface area contributed by atoms with E-state index in [4.69, 9.17) is 18.9 Å². The van der Waals surface area contributed by atoms with Crippen LogP contribution in [0.5, 0.6) is 23.0 Å². The lowest BCUT2D eigenvalue weighted by Crippen LogP contribution is -2.19. The number of carbonyl (C=O) groups excluding carboxylic acids is 1. The molecular formula is C25H28O5. The summed E-state index contributed by atoms with van der Waals surface area (Å²) in [5.41, 5.74) is 2.04. The minimum Gasteiger partial charge on any atom is -0.490 e. The molecule has 5 nitrogen and oxygen atoms in total.